The summed E-state index contributed by atoms with van der Waals surface area (Å²) in [5, 5.41) is 0. The number of hydrogen-bond donors (Lipinski definition) is 1. The highest BCUT2D eigenvalue weighted by atomic mass is 79.9. The van der Waals surface area contributed by atoms with E-state index in [9.17, 15) is 26.4 Å². The Morgan fingerprint density at radius 2 is 1.39 bits per heavy atom. The summed E-state index contributed by atoms with van der Waals surface area (Å²) in [7, 11) is -4.26. The Labute approximate surface area is 425 Å². The molecular formula is C51H55BrN8O10S2. The van der Waals surface area contributed by atoms with Crippen molar-refractivity contribution in [2.75, 3.05) is 51.5 Å². The van der Waals surface area contributed by atoms with E-state index in [2.05, 4.69) is 49.7 Å². The average Bonchev–Trinajstić information content (AvgIpc) is 3.79. The fourth-order valence-corrected chi connectivity index (χ4v) is 11.3. The molecule has 0 bridgehead atoms. The highest BCUT2D eigenvalue weighted by Gasteiger charge is 2.29. The molecule has 0 saturated carbocycles. The Morgan fingerprint density at radius 1 is 0.750 bits per heavy atom. The van der Waals surface area contributed by atoms with Gasteiger partial charge < -0.3 is 23.9 Å². The van der Waals surface area contributed by atoms with Crippen molar-refractivity contribution in [3.05, 3.63) is 151 Å². The van der Waals surface area contributed by atoms with Crippen molar-refractivity contribution in [1.82, 2.24) is 38.6 Å². The first-order chi connectivity index (χ1) is 34.3. The number of nitrogens with one attached hydrogen (secondary N) is 1. The van der Waals surface area contributed by atoms with Crippen LogP contribution in [-0.2, 0) is 32.6 Å². The summed E-state index contributed by atoms with van der Waals surface area (Å²) in [5.41, 5.74) is 6.37. The lowest BCUT2D eigenvalue weighted by Gasteiger charge is -2.21. The third kappa shape index (κ3) is 11.1. The van der Waals surface area contributed by atoms with Crippen LogP contribution >= 0.6 is 15.9 Å². The number of fused-ring (bicyclic) bond motifs is 2. The maximum Gasteiger partial charge on any atom is 0.331 e. The summed E-state index contributed by atoms with van der Waals surface area (Å²) in [5.74, 6) is 0.898. The zero-order valence-corrected chi connectivity index (χ0v) is 44.3. The number of benzene rings is 3. The van der Waals surface area contributed by atoms with Gasteiger partial charge in [0.2, 0.25) is 0 Å². The molecule has 21 heteroatoms. The smallest absolute Gasteiger partial charge is 0.331 e. The van der Waals surface area contributed by atoms with E-state index in [4.69, 9.17) is 23.9 Å². The number of aryl methyl sites for hydroxylation is 1. The fourth-order valence-electron chi connectivity index (χ4n) is 9.20. The summed E-state index contributed by atoms with van der Waals surface area (Å²) >= 11 is 3.48. The van der Waals surface area contributed by atoms with E-state index >= 15 is 0 Å². The predicted octanol–water partition coefficient (Wildman–Crippen LogP) is 7.24. The number of hydrogen-bond acceptors (Lipinski definition) is 14. The van der Waals surface area contributed by atoms with Gasteiger partial charge >= 0.3 is 11.4 Å². The largest absolute Gasteiger partial charge is 0.493 e. The number of H-pyrrole nitrogens is 1. The van der Waals surface area contributed by atoms with Crippen LogP contribution in [0, 0.1) is 6.92 Å². The van der Waals surface area contributed by atoms with Gasteiger partial charge in [-0.2, -0.15) is 0 Å². The third-order valence-electron chi connectivity index (χ3n) is 12.2. The molecule has 0 amide bonds. The van der Waals surface area contributed by atoms with Crippen LogP contribution in [0.2, 0.25) is 0 Å². The number of sulfone groups is 2. The van der Waals surface area contributed by atoms with Crippen molar-refractivity contribution in [3.8, 4) is 34.1 Å². The quantitative estimate of drug-likeness (QED) is 0.0795. The Kier molecular flexibility index (Phi) is 15.1. The Balaban J connectivity index is 1.11. The number of methoxy groups -OCH3 is 2. The van der Waals surface area contributed by atoms with Crippen LogP contribution in [0.5, 0.6) is 23.0 Å². The molecule has 8 rings (SSSR count). The fraction of sp³-hybridized carbons (Fsp3) is 0.333. The molecule has 0 aliphatic heterocycles. The molecule has 72 heavy (non-hydrogen) atoms. The van der Waals surface area contributed by atoms with E-state index in [1.165, 1.54) is 27.9 Å². The van der Waals surface area contributed by atoms with Gasteiger partial charge in [-0.3, -0.25) is 23.7 Å². The number of aromatic amines is 1. The van der Waals surface area contributed by atoms with Crippen LogP contribution in [0.25, 0.3) is 33.5 Å². The number of ether oxygens (including phenoxy) is 4. The van der Waals surface area contributed by atoms with Crippen LogP contribution in [0.1, 0.15) is 72.4 Å². The van der Waals surface area contributed by atoms with Gasteiger partial charge in [-0.1, -0.05) is 44.2 Å². The van der Waals surface area contributed by atoms with Gasteiger partial charge in [0, 0.05) is 47.6 Å². The number of halogens is 1. The standard InChI is InChI=1S/C51H55BrN8O10S2/c1-9-69-45-20-33(13-15-43(45)67-5)41(28-71(7,63)64)59-48-39(57-50(59)61)19-35(24-54-48)38-12-10-11-32(47(38)30(2)3)17-18-70-46-21-34(14-16-44(46)68-6)42(29-72(8,65)66)60-49-40(22-36(52)25-55-49)58(51(60)62)27-37-26-53-23-31(4)56-37/h10-16,19-26,30,41-42H,9,17-18,27-29H2,1-8H3,(H,57,61). The van der Waals surface area contributed by atoms with Crippen LogP contribution in [0.3, 0.4) is 0 Å². The first-order valence-electron chi connectivity index (χ1n) is 23.0. The molecule has 5 aromatic heterocycles. The minimum atomic E-state index is -3.68. The molecule has 1 N–H and O–H groups in total. The summed E-state index contributed by atoms with van der Waals surface area (Å²) in [6, 6.07) is 17.8. The first-order valence-corrected chi connectivity index (χ1v) is 27.9. The number of pyridine rings is 2. The van der Waals surface area contributed by atoms with Crippen LogP contribution < -0.4 is 30.3 Å². The lowest BCUT2D eigenvalue weighted by atomic mass is 9.88. The molecule has 3 aromatic carbocycles. The van der Waals surface area contributed by atoms with Gasteiger partial charge in [0.1, 0.15) is 19.7 Å². The zero-order valence-electron chi connectivity index (χ0n) is 41.0. The monoisotopic (exact) mass is 1080 g/mol. The highest BCUT2D eigenvalue weighted by Crippen LogP contribution is 2.37. The topological polar surface area (TPSA) is 221 Å². The summed E-state index contributed by atoms with van der Waals surface area (Å²) in [6.07, 6.45) is 9.16. The summed E-state index contributed by atoms with van der Waals surface area (Å²) in [4.78, 5) is 49.4. The van der Waals surface area contributed by atoms with Gasteiger partial charge in [0.25, 0.3) is 0 Å². The normalized spacial score (nSPS) is 12.9. The second kappa shape index (κ2) is 21.1. The number of aromatic nitrogens is 8. The molecule has 0 fully saturated rings. The molecule has 0 radical (unpaired) electrons. The van der Waals surface area contributed by atoms with Gasteiger partial charge in [-0.05, 0) is 99.9 Å². The maximum absolute atomic E-state index is 14.5. The molecule has 2 atom stereocenters. The second-order valence-electron chi connectivity index (χ2n) is 17.9. The summed E-state index contributed by atoms with van der Waals surface area (Å²) < 4.78 is 80.4. The SMILES string of the molecule is CCOc1cc(C(CS(C)(=O)=O)n2c(=O)[nH]c3cc(-c4cccc(CCOc5cc(C(CS(C)(=O)=O)n6c(=O)n(Cc7cncc(C)n7)c7cc(Br)cnc76)ccc5OC)c4C(C)C)cnc32)ccc1OC. The molecular weight excluding hydrogens is 1030 g/mol. The first kappa shape index (κ1) is 51.5. The number of nitrogens with zero attached hydrogens (tertiary/aromatic N) is 7. The maximum atomic E-state index is 14.5. The van der Waals surface area contributed by atoms with Gasteiger partial charge in [-0.15, -0.1) is 0 Å². The van der Waals surface area contributed by atoms with Crippen molar-refractivity contribution < 1.29 is 35.8 Å². The van der Waals surface area contributed by atoms with Gasteiger partial charge in [0.05, 0.1) is 86.2 Å². The molecule has 0 aliphatic rings. The van der Waals surface area contributed by atoms with Crippen molar-refractivity contribution in [1.29, 1.82) is 0 Å². The molecule has 8 aromatic rings. The predicted molar refractivity (Wildman–Crippen MR) is 279 cm³/mol. The minimum Gasteiger partial charge on any atom is -0.493 e. The number of rotatable bonds is 20. The van der Waals surface area contributed by atoms with Crippen molar-refractivity contribution >= 4 is 57.9 Å². The van der Waals surface area contributed by atoms with E-state index < -0.39 is 48.9 Å². The second-order valence-corrected chi connectivity index (χ2v) is 23.2. The van der Waals surface area contributed by atoms with E-state index in [-0.39, 0.29) is 36.1 Å². The molecule has 0 aliphatic carbocycles. The van der Waals surface area contributed by atoms with Crippen molar-refractivity contribution in [2.24, 2.45) is 0 Å². The minimum absolute atomic E-state index is 0.0338. The molecule has 18 nitrogen and oxygen atoms in total. The Hall–Kier alpha value is -6.84. The van der Waals surface area contributed by atoms with E-state index in [0.717, 1.165) is 34.8 Å². The van der Waals surface area contributed by atoms with Crippen LogP contribution in [-0.4, -0.2) is 107 Å². The lowest BCUT2D eigenvalue weighted by Crippen LogP contribution is -2.32. The van der Waals surface area contributed by atoms with Gasteiger partial charge in [0.15, 0.2) is 34.3 Å². The van der Waals surface area contributed by atoms with Gasteiger partial charge in [-0.25, -0.2) is 36.4 Å². The number of imidazole rings is 2. The van der Waals surface area contributed by atoms with Crippen molar-refractivity contribution in [2.45, 2.75) is 58.7 Å². The van der Waals surface area contributed by atoms with E-state index in [0.29, 0.717) is 74.0 Å². The molecule has 0 saturated heterocycles. The lowest BCUT2D eigenvalue weighted by molar-refractivity contribution is 0.296. The van der Waals surface area contributed by atoms with Crippen LogP contribution in [0.4, 0.5) is 0 Å². The average molecular weight is 1080 g/mol. The highest BCUT2D eigenvalue weighted by molar-refractivity contribution is 9.10. The summed E-state index contributed by atoms with van der Waals surface area (Å²) in [6.45, 7) is 8.43. The van der Waals surface area contributed by atoms with E-state index in [1.807, 2.05) is 38.1 Å². The molecule has 0 spiro atoms. The molecule has 378 valence electrons. The van der Waals surface area contributed by atoms with Crippen LogP contribution in [0.15, 0.2) is 106 Å². The third-order valence-corrected chi connectivity index (χ3v) is 14.4. The molecule has 5 heterocycles. The van der Waals surface area contributed by atoms with Crippen molar-refractivity contribution in [3.63, 3.8) is 0 Å². The zero-order chi connectivity index (χ0) is 51.6. The Bertz CT molecular complexity index is 3680. The van der Waals surface area contributed by atoms with E-state index in [1.54, 1.807) is 67.3 Å². The molecule has 2 unspecified atom stereocenters. The Morgan fingerprint density at radius 3 is 2.00 bits per heavy atom.